The molecular formula is C26H29N7O2. The van der Waals surface area contributed by atoms with Crippen LogP contribution < -0.4 is 15.8 Å². The van der Waals surface area contributed by atoms with E-state index in [4.69, 9.17) is 15.9 Å². The van der Waals surface area contributed by atoms with Gasteiger partial charge >= 0.3 is 0 Å². The van der Waals surface area contributed by atoms with Crippen molar-refractivity contribution in [2.75, 3.05) is 24.1 Å². The highest BCUT2D eigenvalue weighted by molar-refractivity contribution is 6.16. The highest BCUT2D eigenvalue weighted by Crippen LogP contribution is 2.25. The zero-order valence-electron chi connectivity index (χ0n) is 19.6. The third-order valence-electron chi connectivity index (χ3n) is 5.69. The number of carbonyl (C=O) groups excluding carboxylic acids is 1. The smallest absolute Gasteiger partial charge is 0.246 e. The second-order valence-corrected chi connectivity index (χ2v) is 8.24. The van der Waals surface area contributed by atoms with Crippen LogP contribution in [0.4, 0.5) is 11.6 Å². The summed E-state index contributed by atoms with van der Waals surface area (Å²) < 4.78 is 5.74. The first-order chi connectivity index (χ1) is 17.0. The number of anilines is 2. The monoisotopic (exact) mass is 471 g/mol. The SMILES string of the molecule is CC/C=C/C(=O)N1CCCC(Nc2ncnc(N)c2C(=N)c2ccc(Oc3ccccc3)nc2)C1. The Morgan fingerprint density at radius 2 is 2.06 bits per heavy atom. The zero-order valence-corrected chi connectivity index (χ0v) is 19.6. The average Bonchev–Trinajstić information content (AvgIpc) is 2.88. The molecule has 3 aromatic rings. The Kier molecular flexibility index (Phi) is 7.67. The van der Waals surface area contributed by atoms with Crippen molar-refractivity contribution < 1.29 is 9.53 Å². The number of likely N-dealkylation sites (tertiary alicyclic amines) is 1. The minimum Gasteiger partial charge on any atom is -0.439 e. The van der Waals surface area contributed by atoms with E-state index >= 15 is 0 Å². The number of nitrogens with two attached hydrogens (primary N) is 1. The summed E-state index contributed by atoms with van der Waals surface area (Å²) >= 11 is 0. The van der Waals surface area contributed by atoms with Gasteiger partial charge < -0.3 is 20.7 Å². The van der Waals surface area contributed by atoms with Crippen LogP contribution in [0.5, 0.6) is 11.6 Å². The molecule has 0 radical (unpaired) electrons. The van der Waals surface area contributed by atoms with Gasteiger partial charge in [-0.2, -0.15) is 0 Å². The molecule has 0 saturated carbocycles. The molecule has 9 nitrogen and oxygen atoms in total. The van der Waals surface area contributed by atoms with Crippen molar-refractivity contribution in [2.45, 2.75) is 32.2 Å². The van der Waals surface area contributed by atoms with Gasteiger partial charge in [0.2, 0.25) is 11.8 Å². The minimum absolute atomic E-state index is 0.0108. The predicted octanol–water partition coefficient (Wildman–Crippen LogP) is 4.03. The third kappa shape index (κ3) is 6.00. The lowest BCUT2D eigenvalue weighted by atomic mass is 10.0. The summed E-state index contributed by atoms with van der Waals surface area (Å²) in [5.41, 5.74) is 7.29. The maximum Gasteiger partial charge on any atom is 0.246 e. The van der Waals surface area contributed by atoms with Gasteiger partial charge in [0.1, 0.15) is 23.7 Å². The number of nitrogens with zero attached hydrogens (tertiary/aromatic N) is 4. The van der Waals surface area contributed by atoms with E-state index in [0.717, 1.165) is 25.8 Å². The molecule has 0 aliphatic carbocycles. The average molecular weight is 472 g/mol. The Hall–Kier alpha value is -4.27. The fourth-order valence-corrected chi connectivity index (χ4v) is 3.91. The van der Waals surface area contributed by atoms with Crippen LogP contribution in [-0.2, 0) is 4.79 Å². The molecule has 35 heavy (non-hydrogen) atoms. The Labute approximate surface area is 204 Å². The van der Waals surface area contributed by atoms with E-state index in [1.807, 2.05) is 48.2 Å². The van der Waals surface area contributed by atoms with Gasteiger partial charge in [-0.15, -0.1) is 0 Å². The zero-order chi connectivity index (χ0) is 24.6. The van der Waals surface area contributed by atoms with Crippen molar-refractivity contribution in [2.24, 2.45) is 0 Å². The van der Waals surface area contributed by atoms with Crippen molar-refractivity contribution >= 4 is 23.3 Å². The molecule has 1 fully saturated rings. The Morgan fingerprint density at radius 1 is 1.23 bits per heavy atom. The molecule has 4 rings (SSSR count). The maximum atomic E-state index is 12.4. The normalized spacial score (nSPS) is 15.7. The largest absolute Gasteiger partial charge is 0.439 e. The minimum atomic E-state index is -0.0108. The number of nitrogens with one attached hydrogen (secondary N) is 2. The lowest BCUT2D eigenvalue weighted by Crippen LogP contribution is -2.44. The number of nitrogen functional groups attached to an aromatic ring is 1. The number of hydrogen-bond acceptors (Lipinski definition) is 8. The fraction of sp³-hybridized carbons (Fsp3) is 0.269. The number of aromatic nitrogens is 3. The first-order valence-corrected chi connectivity index (χ1v) is 11.7. The summed E-state index contributed by atoms with van der Waals surface area (Å²) in [6, 6.07) is 12.8. The number of benzene rings is 1. The molecule has 0 bridgehead atoms. The van der Waals surface area contributed by atoms with Crippen LogP contribution in [0.3, 0.4) is 0 Å². The number of carbonyl (C=O) groups is 1. The van der Waals surface area contributed by atoms with Crippen molar-refractivity contribution in [1.29, 1.82) is 5.41 Å². The molecule has 180 valence electrons. The van der Waals surface area contributed by atoms with Gasteiger partial charge in [0.05, 0.1) is 11.3 Å². The van der Waals surface area contributed by atoms with E-state index in [0.29, 0.717) is 35.1 Å². The quantitative estimate of drug-likeness (QED) is 0.334. The Morgan fingerprint density at radius 3 is 2.80 bits per heavy atom. The van der Waals surface area contributed by atoms with Crippen LogP contribution in [0.25, 0.3) is 0 Å². The van der Waals surface area contributed by atoms with Gasteiger partial charge in [0.15, 0.2) is 0 Å². The molecule has 4 N–H and O–H groups in total. The molecule has 9 heteroatoms. The van der Waals surface area contributed by atoms with Crippen LogP contribution in [-0.4, -0.2) is 50.6 Å². The lowest BCUT2D eigenvalue weighted by Gasteiger charge is -2.33. The Bertz CT molecular complexity index is 1200. The molecule has 1 aliphatic heterocycles. The van der Waals surface area contributed by atoms with Crippen molar-refractivity contribution in [3.63, 3.8) is 0 Å². The van der Waals surface area contributed by atoms with Crippen LogP contribution in [0.15, 0.2) is 67.1 Å². The van der Waals surface area contributed by atoms with Crippen LogP contribution >= 0.6 is 0 Å². The van der Waals surface area contributed by atoms with Gasteiger partial charge in [-0.3, -0.25) is 10.2 Å². The summed E-state index contributed by atoms with van der Waals surface area (Å²) in [7, 11) is 0. The van der Waals surface area contributed by atoms with Crippen molar-refractivity contribution in [3.05, 3.63) is 78.3 Å². The number of para-hydroxylation sites is 1. The molecule has 2 aromatic heterocycles. The molecular weight excluding hydrogens is 442 g/mol. The Balaban J connectivity index is 1.49. The molecule has 3 heterocycles. The standard InChI is InChI=1S/C26H29N7O2/c1-2-3-11-22(34)33-14-7-8-19(16-33)32-26-23(25(28)30-17-31-26)24(27)18-12-13-21(29-15-18)35-20-9-5-4-6-10-20/h3-6,9-13,15,17,19,27H,2,7-8,14,16H2,1H3,(H3,28,30,31,32)/b11-3+,27-24?. The van der Waals surface area contributed by atoms with Gasteiger partial charge in [-0.05, 0) is 43.5 Å². The summed E-state index contributed by atoms with van der Waals surface area (Å²) in [6.45, 7) is 3.28. The summed E-state index contributed by atoms with van der Waals surface area (Å²) in [6.07, 6.45) is 9.02. The second kappa shape index (κ2) is 11.2. The van der Waals surface area contributed by atoms with E-state index in [1.54, 1.807) is 24.4 Å². The van der Waals surface area contributed by atoms with Crippen molar-refractivity contribution in [3.8, 4) is 11.6 Å². The predicted molar refractivity (Wildman–Crippen MR) is 136 cm³/mol. The van der Waals surface area contributed by atoms with E-state index in [9.17, 15) is 4.79 Å². The van der Waals surface area contributed by atoms with Crippen LogP contribution in [0, 0.1) is 5.41 Å². The van der Waals surface area contributed by atoms with E-state index < -0.39 is 0 Å². The number of rotatable bonds is 8. The molecule has 1 saturated heterocycles. The lowest BCUT2D eigenvalue weighted by molar-refractivity contribution is -0.127. The van der Waals surface area contributed by atoms with Gasteiger partial charge in [0, 0.05) is 37.0 Å². The summed E-state index contributed by atoms with van der Waals surface area (Å²) in [4.78, 5) is 27.1. The van der Waals surface area contributed by atoms with Gasteiger partial charge in [0.25, 0.3) is 0 Å². The number of piperidine rings is 1. The molecule has 1 atom stereocenters. The third-order valence-corrected chi connectivity index (χ3v) is 5.69. The summed E-state index contributed by atoms with van der Waals surface area (Å²) in [5, 5.41) is 12.2. The van der Waals surface area contributed by atoms with Gasteiger partial charge in [-0.25, -0.2) is 15.0 Å². The number of ether oxygens (including phenoxy) is 1. The maximum absolute atomic E-state index is 12.4. The number of hydrogen-bond donors (Lipinski definition) is 3. The highest BCUT2D eigenvalue weighted by Gasteiger charge is 2.25. The van der Waals surface area contributed by atoms with E-state index in [1.165, 1.54) is 6.33 Å². The number of pyridine rings is 1. The molecule has 1 unspecified atom stereocenters. The second-order valence-electron chi connectivity index (χ2n) is 8.24. The van der Waals surface area contributed by atoms with E-state index in [2.05, 4.69) is 20.3 Å². The first kappa shape index (κ1) is 23.9. The highest BCUT2D eigenvalue weighted by atomic mass is 16.5. The van der Waals surface area contributed by atoms with Crippen molar-refractivity contribution in [1.82, 2.24) is 19.9 Å². The van der Waals surface area contributed by atoms with Crippen LogP contribution in [0.1, 0.15) is 37.3 Å². The van der Waals surface area contributed by atoms with Gasteiger partial charge in [-0.1, -0.05) is 31.2 Å². The molecule has 1 aromatic carbocycles. The molecule has 1 aliphatic rings. The topological polar surface area (TPSA) is 130 Å². The van der Waals surface area contributed by atoms with Crippen LogP contribution in [0.2, 0.25) is 0 Å². The molecule has 1 amide bonds. The number of amides is 1. The first-order valence-electron chi connectivity index (χ1n) is 11.7. The molecule has 0 spiro atoms. The fourth-order valence-electron chi connectivity index (χ4n) is 3.91. The summed E-state index contributed by atoms with van der Waals surface area (Å²) in [5.74, 6) is 1.78. The van der Waals surface area contributed by atoms with E-state index in [-0.39, 0.29) is 23.5 Å². The number of allylic oxidation sites excluding steroid dienone is 1.